The summed E-state index contributed by atoms with van der Waals surface area (Å²) in [5.74, 6) is 1.91. The maximum absolute atomic E-state index is 8.10. The molecule has 7 nitrogen and oxygen atoms in total. The van der Waals surface area contributed by atoms with E-state index in [0.717, 1.165) is 22.6 Å². The fourth-order valence-corrected chi connectivity index (χ4v) is 2.80. The number of aromatic nitrogens is 3. The third-order valence-corrected chi connectivity index (χ3v) is 4.08. The molecule has 3 heterocycles. The Morgan fingerprint density at radius 3 is 2.78 bits per heavy atom. The molecule has 0 amide bonds. The Labute approximate surface area is 158 Å². The molecule has 0 aliphatic rings. The minimum absolute atomic E-state index is 0.398. The highest BCUT2D eigenvalue weighted by Gasteiger charge is 2.15. The first-order chi connectivity index (χ1) is 13.0. The third-order valence-electron chi connectivity index (χ3n) is 4.08. The molecule has 0 bridgehead atoms. The minimum Gasteiger partial charge on any atom is -0.477 e. The summed E-state index contributed by atoms with van der Waals surface area (Å²) in [6.07, 6.45) is 3.40. The van der Waals surface area contributed by atoms with Gasteiger partial charge in [-0.25, -0.2) is 15.0 Å². The Morgan fingerprint density at radius 1 is 1.30 bits per heavy atom. The molecule has 0 aliphatic heterocycles. The van der Waals surface area contributed by atoms with E-state index in [4.69, 9.17) is 14.6 Å². The van der Waals surface area contributed by atoms with Crippen molar-refractivity contribution in [2.75, 3.05) is 11.9 Å². The van der Waals surface area contributed by atoms with Gasteiger partial charge in [0, 0.05) is 18.8 Å². The summed E-state index contributed by atoms with van der Waals surface area (Å²) in [5.41, 5.74) is 4.31. The van der Waals surface area contributed by atoms with Gasteiger partial charge in [0.25, 0.3) is 0 Å². The van der Waals surface area contributed by atoms with E-state index in [-0.39, 0.29) is 0 Å². The van der Waals surface area contributed by atoms with Gasteiger partial charge < -0.3 is 19.9 Å². The van der Waals surface area contributed by atoms with Crippen molar-refractivity contribution in [3.63, 3.8) is 0 Å². The topological polar surface area (TPSA) is 96.9 Å². The lowest BCUT2D eigenvalue weighted by atomic mass is 10.1. The molecular weight excluding hydrogens is 342 g/mol. The maximum Gasteiger partial charge on any atom is 0.222 e. The van der Waals surface area contributed by atoms with Crippen LogP contribution >= 0.6 is 0 Å². The second-order valence-corrected chi connectivity index (χ2v) is 6.14. The van der Waals surface area contributed by atoms with Crippen LogP contribution in [0.3, 0.4) is 0 Å². The van der Waals surface area contributed by atoms with Crippen LogP contribution in [0.4, 0.5) is 5.69 Å². The van der Waals surface area contributed by atoms with E-state index in [9.17, 15) is 0 Å². The molecule has 0 aliphatic carbocycles. The van der Waals surface area contributed by atoms with Crippen molar-refractivity contribution < 1.29 is 9.15 Å². The van der Waals surface area contributed by atoms with E-state index in [1.165, 1.54) is 0 Å². The molecule has 27 heavy (non-hydrogen) atoms. The molecule has 0 aromatic carbocycles. The molecule has 3 rings (SSSR count). The zero-order chi connectivity index (χ0) is 19.4. The Hall–Kier alpha value is -3.22. The van der Waals surface area contributed by atoms with Crippen molar-refractivity contribution in [3.8, 4) is 17.1 Å². The minimum atomic E-state index is 0.398. The van der Waals surface area contributed by atoms with Gasteiger partial charge in [-0.15, -0.1) is 0 Å². The van der Waals surface area contributed by atoms with Crippen LogP contribution in [0.15, 0.2) is 35.0 Å². The molecule has 0 saturated carbocycles. The number of ether oxygens (including phenoxy) is 1. The van der Waals surface area contributed by atoms with Crippen molar-refractivity contribution >= 4 is 11.4 Å². The molecule has 3 aromatic heterocycles. The number of nitrogens with one attached hydrogen (secondary N) is 2. The summed E-state index contributed by atoms with van der Waals surface area (Å²) in [5, 5.41) is 11.5. The number of nitrogens with zero attached hydrogens (tertiary/aromatic N) is 3. The van der Waals surface area contributed by atoms with Gasteiger partial charge >= 0.3 is 0 Å². The number of pyridine rings is 2. The lowest BCUT2D eigenvalue weighted by molar-refractivity contribution is 0.328. The van der Waals surface area contributed by atoms with Crippen LogP contribution in [0.5, 0.6) is 5.88 Å². The molecule has 3 aromatic rings. The van der Waals surface area contributed by atoms with Crippen LogP contribution in [0.25, 0.3) is 11.3 Å². The Bertz CT molecular complexity index is 965. The summed E-state index contributed by atoms with van der Waals surface area (Å²) in [6, 6.07) is 5.72. The largest absolute Gasteiger partial charge is 0.477 e. The highest BCUT2D eigenvalue weighted by atomic mass is 16.5. The van der Waals surface area contributed by atoms with Crippen LogP contribution in [0, 0.1) is 19.3 Å². The fraction of sp³-hybridized carbons (Fsp3) is 0.300. The molecular formula is C20H23N5O2. The van der Waals surface area contributed by atoms with Gasteiger partial charge in [0.2, 0.25) is 5.88 Å². The number of anilines is 1. The average Bonchev–Trinajstić information content (AvgIpc) is 3.07. The van der Waals surface area contributed by atoms with Gasteiger partial charge in [-0.05, 0) is 44.5 Å². The Kier molecular flexibility index (Phi) is 5.49. The Balaban J connectivity index is 2.02. The SMILES string of the molecule is CCOc1ncccc1-c1cc(NCc2cnc(C)o2)c(C)c(C(C)=N)n1. The normalized spacial score (nSPS) is 10.7. The average molecular weight is 365 g/mol. The van der Waals surface area contributed by atoms with Gasteiger partial charge in [0.1, 0.15) is 5.76 Å². The summed E-state index contributed by atoms with van der Waals surface area (Å²) in [4.78, 5) is 13.1. The van der Waals surface area contributed by atoms with Crippen molar-refractivity contribution in [1.29, 1.82) is 5.41 Å². The summed E-state index contributed by atoms with van der Waals surface area (Å²) < 4.78 is 11.2. The van der Waals surface area contributed by atoms with Crippen molar-refractivity contribution in [2.24, 2.45) is 0 Å². The summed E-state index contributed by atoms with van der Waals surface area (Å²) in [7, 11) is 0. The highest BCUT2D eigenvalue weighted by Crippen LogP contribution is 2.31. The number of oxazole rings is 1. The number of hydrogen-bond acceptors (Lipinski definition) is 7. The van der Waals surface area contributed by atoms with Gasteiger partial charge in [0.15, 0.2) is 5.89 Å². The van der Waals surface area contributed by atoms with Gasteiger partial charge in [0.05, 0.1) is 42.0 Å². The molecule has 0 unspecified atom stereocenters. The van der Waals surface area contributed by atoms with E-state index in [0.29, 0.717) is 42.0 Å². The lowest BCUT2D eigenvalue weighted by Crippen LogP contribution is -2.08. The highest BCUT2D eigenvalue weighted by molar-refractivity contribution is 5.97. The van der Waals surface area contributed by atoms with Crippen LogP contribution < -0.4 is 10.1 Å². The van der Waals surface area contributed by atoms with E-state index in [1.807, 2.05) is 39.0 Å². The molecule has 140 valence electrons. The van der Waals surface area contributed by atoms with Crippen LogP contribution in [-0.2, 0) is 6.54 Å². The summed E-state index contributed by atoms with van der Waals surface area (Å²) >= 11 is 0. The van der Waals surface area contributed by atoms with E-state index < -0.39 is 0 Å². The monoisotopic (exact) mass is 365 g/mol. The smallest absolute Gasteiger partial charge is 0.222 e. The van der Waals surface area contributed by atoms with Crippen LogP contribution in [0.2, 0.25) is 0 Å². The standard InChI is InChI=1S/C20H23N5O2/c1-5-26-20-16(7-6-8-22-20)18-9-17(12(2)19(25-18)13(3)21)24-11-15-10-23-14(4)27-15/h6-10,21H,5,11H2,1-4H3,(H,24,25). The quantitative estimate of drug-likeness (QED) is 0.611. The zero-order valence-corrected chi connectivity index (χ0v) is 16.0. The van der Waals surface area contributed by atoms with E-state index >= 15 is 0 Å². The predicted molar refractivity (Wildman–Crippen MR) is 104 cm³/mol. The van der Waals surface area contributed by atoms with Gasteiger partial charge in [-0.2, -0.15) is 0 Å². The molecule has 2 N–H and O–H groups in total. The molecule has 0 saturated heterocycles. The molecule has 0 fully saturated rings. The number of rotatable bonds is 7. The first-order valence-corrected chi connectivity index (χ1v) is 8.80. The molecule has 7 heteroatoms. The van der Waals surface area contributed by atoms with Crippen LogP contribution in [0.1, 0.15) is 36.8 Å². The number of hydrogen-bond donors (Lipinski definition) is 2. The van der Waals surface area contributed by atoms with Crippen LogP contribution in [-0.4, -0.2) is 27.3 Å². The van der Waals surface area contributed by atoms with Crippen molar-refractivity contribution in [3.05, 3.63) is 53.5 Å². The summed E-state index contributed by atoms with van der Waals surface area (Å²) in [6.45, 7) is 8.42. The first kappa shape index (κ1) is 18.6. The molecule has 0 spiro atoms. The molecule has 0 radical (unpaired) electrons. The first-order valence-electron chi connectivity index (χ1n) is 8.80. The zero-order valence-electron chi connectivity index (χ0n) is 16.0. The predicted octanol–water partition coefficient (Wildman–Crippen LogP) is 4.15. The third kappa shape index (κ3) is 4.13. The van der Waals surface area contributed by atoms with Gasteiger partial charge in [-0.1, -0.05) is 0 Å². The van der Waals surface area contributed by atoms with Crippen molar-refractivity contribution in [2.45, 2.75) is 34.2 Å². The number of aryl methyl sites for hydroxylation is 1. The Morgan fingerprint density at radius 2 is 2.11 bits per heavy atom. The fourth-order valence-electron chi connectivity index (χ4n) is 2.80. The second kappa shape index (κ2) is 7.99. The van der Waals surface area contributed by atoms with E-state index in [2.05, 4.69) is 20.3 Å². The van der Waals surface area contributed by atoms with E-state index in [1.54, 1.807) is 19.3 Å². The van der Waals surface area contributed by atoms with Gasteiger partial charge in [-0.3, -0.25) is 0 Å². The molecule has 0 atom stereocenters. The second-order valence-electron chi connectivity index (χ2n) is 6.14. The maximum atomic E-state index is 8.10. The lowest BCUT2D eigenvalue weighted by Gasteiger charge is -2.15. The van der Waals surface area contributed by atoms with Crippen molar-refractivity contribution in [1.82, 2.24) is 15.0 Å².